The monoisotopic (exact) mass is 325 g/mol. The van der Waals surface area contributed by atoms with Crippen molar-refractivity contribution in [2.24, 2.45) is 0 Å². The maximum absolute atomic E-state index is 13.7. The smallest absolute Gasteiger partial charge is 0.223 e. The van der Waals surface area contributed by atoms with E-state index in [0.29, 0.717) is 18.8 Å². The van der Waals surface area contributed by atoms with Crippen molar-refractivity contribution in [3.8, 4) is 0 Å². The number of aromatic nitrogens is 3. The molecule has 2 aromatic heterocycles. The van der Waals surface area contributed by atoms with E-state index in [4.69, 9.17) is 0 Å². The van der Waals surface area contributed by atoms with Crippen molar-refractivity contribution in [2.45, 2.75) is 24.9 Å². The Morgan fingerprint density at radius 1 is 1.29 bits per heavy atom. The molecule has 1 saturated carbocycles. The topological polar surface area (TPSA) is 62.7 Å². The first-order valence-corrected chi connectivity index (χ1v) is 8.00. The van der Waals surface area contributed by atoms with Gasteiger partial charge in [0.2, 0.25) is 5.95 Å². The van der Waals surface area contributed by atoms with Crippen molar-refractivity contribution in [3.05, 3.63) is 60.2 Å². The third kappa shape index (κ3) is 2.87. The standard InChI is InChI=1S/C18H18FN5.H2/c1-2-20-16-6-3-12(9-21-16)13-4-5-15-14(13)10-22-17(24-15)23-11-18(19)7-8-18;/h2-4,6,9-10H,1,5,7-8,11H2,(H,20,21)(H,22,23,24);1H. The van der Waals surface area contributed by atoms with E-state index in [9.17, 15) is 4.39 Å². The first-order chi connectivity index (χ1) is 11.7. The van der Waals surface area contributed by atoms with E-state index in [-0.39, 0.29) is 7.97 Å². The van der Waals surface area contributed by atoms with Gasteiger partial charge in [-0.25, -0.2) is 19.3 Å². The number of hydrogen-bond donors (Lipinski definition) is 2. The van der Waals surface area contributed by atoms with Crippen LogP contribution in [0.5, 0.6) is 0 Å². The minimum absolute atomic E-state index is 0. The number of alkyl halides is 1. The number of pyridine rings is 1. The zero-order chi connectivity index (χ0) is 16.6. The molecular formula is C18H20FN5. The van der Waals surface area contributed by atoms with Crippen LogP contribution >= 0.6 is 0 Å². The lowest BCUT2D eigenvalue weighted by molar-refractivity contribution is 0.326. The number of nitrogens with one attached hydrogen (secondary N) is 2. The Kier molecular flexibility index (Phi) is 3.52. The fraction of sp³-hybridized carbons (Fsp3) is 0.278. The second-order valence-electron chi connectivity index (χ2n) is 6.16. The highest BCUT2D eigenvalue weighted by Gasteiger charge is 2.43. The van der Waals surface area contributed by atoms with E-state index in [1.54, 1.807) is 12.4 Å². The number of fused-ring (bicyclic) bond motifs is 1. The SMILES string of the molecule is C=CNc1ccc(C2=CCc3nc(NCC4(F)CC4)ncc32)cn1.[HH]. The first kappa shape index (κ1) is 14.8. The molecule has 0 saturated heterocycles. The molecule has 0 unspecified atom stereocenters. The van der Waals surface area contributed by atoms with Gasteiger partial charge in [-0.3, -0.25) is 0 Å². The van der Waals surface area contributed by atoms with Crippen LogP contribution < -0.4 is 10.6 Å². The molecule has 2 heterocycles. The number of allylic oxidation sites excluding steroid dienone is 1. The van der Waals surface area contributed by atoms with E-state index in [1.807, 2.05) is 18.3 Å². The molecule has 0 aromatic carbocycles. The molecule has 124 valence electrons. The summed E-state index contributed by atoms with van der Waals surface area (Å²) in [5.41, 5.74) is 3.01. The van der Waals surface area contributed by atoms with Crippen LogP contribution in [0.25, 0.3) is 5.57 Å². The van der Waals surface area contributed by atoms with Crippen molar-refractivity contribution in [2.75, 3.05) is 17.2 Å². The molecule has 0 aliphatic heterocycles. The fourth-order valence-corrected chi connectivity index (χ4v) is 2.76. The zero-order valence-corrected chi connectivity index (χ0v) is 13.2. The summed E-state index contributed by atoms with van der Waals surface area (Å²) in [6, 6.07) is 3.91. The van der Waals surface area contributed by atoms with Crippen LogP contribution in [0.1, 0.15) is 31.1 Å². The Balaban J connectivity index is 0.00000182. The molecule has 2 aliphatic carbocycles. The second kappa shape index (κ2) is 5.70. The van der Waals surface area contributed by atoms with Gasteiger partial charge in [0.1, 0.15) is 11.5 Å². The van der Waals surface area contributed by atoms with Crippen molar-refractivity contribution in [3.63, 3.8) is 0 Å². The summed E-state index contributed by atoms with van der Waals surface area (Å²) in [6.45, 7) is 3.90. The predicted molar refractivity (Wildman–Crippen MR) is 94.5 cm³/mol. The summed E-state index contributed by atoms with van der Waals surface area (Å²) >= 11 is 0. The summed E-state index contributed by atoms with van der Waals surface area (Å²) in [5, 5.41) is 5.96. The van der Waals surface area contributed by atoms with Gasteiger partial charge in [-0.1, -0.05) is 12.7 Å². The maximum Gasteiger partial charge on any atom is 0.223 e. The van der Waals surface area contributed by atoms with Gasteiger partial charge >= 0.3 is 0 Å². The zero-order valence-electron chi connectivity index (χ0n) is 13.2. The van der Waals surface area contributed by atoms with Gasteiger partial charge in [0, 0.05) is 31.4 Å². The molecule has 2 N–H and O–H groups in total. The number of anilines is 2. The molecule has 6 heteroatoms. The highest BCUT2D eigenvalue weighted by Crippen LogP contribution is 2.39. The van der Waals surface area contributed by atoms with Crippen molar-refractivity contribution < 1.29 is 5.82 Å². The van der Waals surface area contributed by atoms with Crippen LogP contribution in [0.15, 0.2) is 43.4 Å². The van der Waals surface area contributed by atoms with Crippen LogP contribution in [0, 0.1) is 0 Å². The van der Waals surface area contributed by atoms with Gasteiger partial charge in [0.15, 0.2) is 0 Å². The molecule has 0 atom stereocenters. The molecule has 0 radical (unpaired) electrons. The van der Waals surface area contributed by atoms with Crippen molar-refractivity contribution in [1.82, 2.24) is 15.0 Å². The average molecular weight is 325 g/mol. The highest BCUT2D eigenvalue weighted by molar-refractivity contribution is 5.83. The lowest BCUT2D eigenvalue weighted by Crippen LogP contribution is -2.17. The minimum atomic E-state index is -1.06. The minimum Gasteiger partial charge on any atom is -0.351 e. The molecular weight excluding hydrogens is 305 g/mol. The van der Waals surface area contributed by atoms with Gasteiger partial charge in [0.05, 0.1) is 12.2 Å². The number of halogens is 1. The van der Waals surface area contributed by atoms with Gasteiger partial charge in [-0.05, 0) is 36.7 Å². The molecule has 2 aromatic rings. The number of nitrogens with zero attached hydrogens (tertiary/aromatic N) is 3. The van der Waals surface area contributed by atoms with Crippen LogP contribution in [-0.4, -0.2) is 27.2 Å². The summed E-state index contributed by atoms with van der Waals surface area (Å²) in [6.07, 6.45) is 9.34. The number of rotatable bonds is 6. The van der Waals surface area contributed by atoms with E-state index in [1.165, 1.54) is 0 Å². The van der Waals surface area contributed by atoms with E-state index < -0.39 is 5.67 Å². The van der Waals surface area contributed by atoms with E-state index in [0.717, 1.165) is 34.6 Å². The lowest BCUT2D eigenvalue weighted by Gasteiger charge is -2.10. The molecule has 24 heavy (non-hydrogen) atoms. The maximum atomic E-state index is 13.7. The van der Waals surface area contributed by atoms with Crippen LogP contribution in [-0.2, 0) is 6.42 Å². The Hall–Kier alpha value is -2.76. The average Bonchev–Trinajstić information content (AvgIpc) is 3.19. The molecule has 0 spiro atoms. The molecule has 1 fully saturated rings. The normalized spacial score (nSPS) is 17.0. The van der Waals surface area contributed by atoms with Crippen LogP contribution in [0.3, 0.4) is 0 Å². The number of hydrogen-bond acceptors (Lipinski definition) is 5. The third-order valence-electron chi connectivity index (χ3n) is 4.34. The van der Waals surface area contributed by atoms with Gasteiger partial charge < -0.3 is 10.6 Å². The lowest BCUT2D eigenvalue weighted by atomic mass is 10.0. The predicted octanol–water partition coefficient (Wildman–Crippen LogP) is 3.57. The van der Waals surface area contributed by atoms with Crippen molar-refractivity contribution in [1.29, 1.82) is 0 Å². The highest BCUT2D eigenvalue weighted by atomic mass is 19.1. The van der Waals surface area contributed by atoms with Gasteiger partial charge in [0.25, 0.3) is 0 Å². The summed E-state index contributed by atoms with van der Waals surface area (Å²) in [7, 11) is 0. The molecule has 0 amide bonds. The Morgan fingerprint density at radius 3 is 2.88 bits per heavy atom. The second-order valence-corrected chi connectivity index (χ2v) is 6.16. The van der Waals surface area contributed by atoms with Crippen molar-refractivity contribution >= 4 is 17.3 Å². The quantitative estimate of drug-likeness (QED) is 0.850. The molecule has 5 nitrogen and oxygen atoms in total. The Labute approximate surface area is 141 Å². The fourth-order valence-electron chi connectivity index (χ4n) is 2.76. The third-order valence-corrected chi connectivity index (χ3v) is 4.34. The van der Waals surface area contributed by atoms with Crippen LogP contribution in [0.4, 0.5) is 16.2 Å². The Bertz CT molecular complexity index is 815. The van der Waals surface area contributed by atoms with Gasteiger partial charge in [-0.2, -0.15) is 0 Å². The molecule has 0 bridgehead atoms. The van der Waals surface area contributed by atoms with Crippen LogP contribution in [0.2, 0.25) is 0 Å². The Morgan fingerprint density at radius 2 is 2.17 bits per heavy atom. The molecule has 2 aliphatic rings. The van der Waals surface area contributed by atoms with E-state index >= 15 is 0 Å². The summed E-state index contributed by atoms with van der Waals surface area (Å²) in [5.74, 6) is 1.25. The summed E-state index contributed by atoms with van der Waals surface area (Å²) in [4.78, 5) is 13.2. The molecule has 4 rings (SSSR count). The largest absolute Gasteiger partial charge is 0.351 e. The first-order valence-electron chi connectivity index (χ1n) is 8.00. The van der Waals surface area contributed by atoms with E-state index in [2.05, 4.69) is 38.2 Å². The van der Waals surface area contributed by atoms with Gasteiger partial charge in [-0.15, -0.1) is 0 Å². The summed E-state index contributed by atoms with van der Waals surface area (Å²) < 4.78 is 13.7.